The molecule has 0 saturated carbocycles. The summed E-state index contributed by atoms with van der Waals surface area (Å²) in [5.74, 6) is 1.78. The van der Waals surface area contributed by atoms with Crippen molar-refractivity contribution in [3.8, 4) is 0 Å². The van der Waals surface area contributed by atoms with E-state index >= 15 is 0 Å². The Morgan fingerprint density at radius 3 is 3.00 bits per heavy atom. The third-order valence-corrected chi connectivity index (χ3v) is 3.77. The highest BCUT2D eigenvalue weighted by Crippen LogP contribution is 2.23. The van der Waals surface area contributed by atoms with Crippen molar-refractivity contribution in [3.05, 3.63) is 33.8 Å². The van der Waals surface area contributed by atoms with Crippen LogP contribution < -0.4 is 5.32 Å². The molecule has 0 bridgehead atoms. The number of hydrogen-bond acceptors (Lipinski definition) is 2. The summed E-state index contributed by atoms with van der Waals surface area (Å²) in [6.45, 7) is 2.18. The molecule has 84 valence electrons. The molecule has 0 radical (unpaired) electrons. The van der Waals surface area contributed by atoms with Gasteiger partial charge in [0.1, 0.15) is 10.4 Å². The Bertz CT molecular complexity index is 533. The first-order chi connectivity index (χ1) is 7.74. The van der Waals surface area contributed by atoms with Gasteiger partial charge in [-0.3, -0.25) is 0 Å². The van der Waals surface area contributed by atoms with Crippen LogP contribution in [0.2, 0.25) is 5.02 Å². The topological polar surface area (TPSA) is 29.3 Å². The van der Waals surface area contributed by atoms with Gasteiger partial charge in [-0.05, 0) is 47.1 Å². The normalized spacial score (nSPS) is 16.6. The molecule has 3 nitrogen and oxygen atoms in total. The number of imidazole rings is 1. The van der Waals surface area contributed by atoms with E-state index in [9.17, 15) is 0 Å². The van der Waals surface area contributed by atoms with Crippen LogP contribution in [0.3, 0.4) is 0 Å². The Labute approximate surface area is 107 Å². The number of hydrogen-bond donors (Lipinski definition) is 1. The van der Waals surface area contributed by atoms with Crippen LogP contribution in [-0.4, -0.2) is 22.5 Å². The first-order valence-electron chi connectivity index (χ1n) is 5.27. The minimum Gasteiger partial charge on any atom is -0.316 e. The van der Waals surface area contributed by atoms with Crippen molar-refractivity contribution in [1.29, 1.82) is 0 Å². The average Bonchev–Trinajstić information content (AvgIpc) is 2.49. The van der Waals surface area contributed by atoms with Gasteiger partial charge in [-0.15, -0.1) is 0 Å². The molecule has 2 aromatic rings. The molecule has 5 heteroatoms. The fourth-order valence-corrected chi connectivity index (χ4v) is 2.66. The Morgan fingerprint density at radius 2 is 2.31 bits per heavy atom. The van der Waals surface area contributed by atoms with Gasteiger partial charge in [0.25, 0.3) is 0 Å². The summed E-state index contributed by atoms with van der Waals surface area (Å²) >= 11 is 9.49. The summed E-state index contributed by atoms with van der Waals surface area (Å²) in [6, 6.07) is 3.87. The molecule has 3 heterocycles. The maximum atomic E-state index is 6.01. The van der Waals surface area contributed by atoms with Crippen molar-refractivity contribution in [1.82, 2.24) is 14.7 Å². The zero-order chi connectivity index (χ0) is 11.1. The first kappa shape index (κ1) is 10.6. The lowest BCUT2D eigenvalue weighted by molar-refractivity contribution is 0.340. The molecule has 0 aliphatic carbocycles. The summed E-state index contributed by atoms with van der Waals surface area (Å²) in [7, 11) is 0. The predicted molar refractivity (Wildman–Crippen MR) is 68.0 cm³/mol. The lowest BCUT2D eigenvalue weighted by atomic mass is 9.99. The Hall–Kier alpha value is -0.580. The number of nitrogens with one attached hydrogen (secondary N) is 1. The van der Waals surface area contributed by atoms with Crippen LogP contribution in [-0.2, 0) is 6.42 Å². The van der Waals surface area contributed by atoms with E-state index in [1.165, 1.54) is 0 Å². The molecule has 0 unspecified atom stereocenters. The van der Waals surface area contributed by atoms with Gasteiger partial charge in [0, 0.05) is 12.6 Å². The van der Waals surface area contributed by atoms with Crippen LogP contribution in [0.15, 0.2) is 22.9 Å². The summed E-state index contributed by atoms with van der Waals surface area (Å²) in [5.41, 5.74) is 1.08. The highest BCUT2D eigenvalue weighted by atomic mass is 79.9. The lowest BCUT2D eigenvalue weighted by Gasteiger charge is -2.26. The molecule has 1 saturated heterocycles. The van der Waals surface area contributed by atoms with Gasteiger partial charge >= 0.3 is 0 Å². The maximum Gasteiger partial charge on any atom is 0.132 e. The molecule has 3 rings (SSSR count). The Kier molecular flexibility index (Phi) is 2.65. The summed E-state index contributed by atoms with van der Waals surface area (Å²) in [4.78, 5) is 4.55. The molecular formula is C11H11BrClN3. The van der Waals surface area contributed by atoms with E-state index in [0.717, 1.165) is 40.5 Å². The van der Waals surface area contributed by atoms with E-state index in [1.54, 1.807) is 0 Å². The van der Waals surface area contributed by atoms with E-state index in [4.69, 9.17) is 11.6 Å². The summed E-state index contributed by atoms with van der Waals surface area (Å²) in [6.07, 6.45) is 2.93. The quantitative estimate of drug-likeness (QED) is 0.923. The van der Waals surface area contributed by atoms with Crippen LogP contribution in [0.25, 0.3) is 5.52 Å². The van der Waals surface area contributed by atoms with Gasteiger partial charge in [-0.1, -0.05) is 11.6 Å². The van der Waals surface area contributed by atoms with Crippen molar-refractivity contribution in [2.24, 2.45) is 5.92 Å². The number of aromatic nitrogens is 2. The van der Waals surface area contributed by atoms with Crippen LogP contribution >= 0.6 is 27.5 Å². The van der Waals surface area contributed by atoms with Gasteiger partial charge in [0.05, 0.1) is 10.5 Å². The Balaban J connectivity index is 2.05. The highest BCUT2D eigenvalue weighted by Gasteiger charge is 2.20. The van der Waals surface area contributed by atoms with Crippen LogP contribution in [0.4, 0.5) is 0 Å². The molecule has 1 aliphatic heterocycles. The van der Waals surface area contributed by atoms with E-state index in [0.29, 0.717) is 5.92 Å². The third kappa shape index (κ3) is 1.75. The molecule has 0 aromatic carbocycles. The molecular weight excluding hydrogens is 289 g/mol. The maximum absolute atomic E-state index is 6.01. The highest BCUT2D eigenvalue weighted by molar-refractivity contribution is 9.10. The third-order valence-electron chi connectivity index (χ3n) is 2.97. The number of nitrogens with zero attached hydrogens (tertiary/aromatic N) is 2. The lowest BCUT2D eigenvalue weighted by Crippen LogP contribution is -2.43. The second kappa shape index (κ2) is 4.02. The summed E-state index contributed by atoms with van der Waals surface area (Å²) in [5, 5.41) is 4.01. The molecule has 1 aliphatic rings. The van der Waals surface area contributed by atoms with E-state index in [-0.39, 0.29) is 0 Å². The van der Waals surface area contributed by atoms with E-state index in [1.807, 2.05) is 18.3 Å². The van der Waals surface area contributed by atoms with Gasteiger partial charge < -0.3 is 9.72 Å². The monoisotopic (exact) mass is 299 g/mol. The zero-order valence-electron chi connectivity index (χ0n) is 8.58. The van der Waals surface area contributed by atoms with Gasteiger partial charge in [-0.2, -0.15) is 0 Å². The van der Waals surface area contributed by atoms with Crippen molar-refractivity contribution >= 4 is 33.0 Å². The fraction of sp³-hybridized carbons (Fsp3) is 0.364. The molecule has 0 spiro atoms. The van der Waals surface area contributed by atoms with Gasteiger partial charge in [0.2, 0.25) is 0 Å². The largest absolute Gasteiger partial charge is 0.316 e. The minimum absolute atomic E-state index is 0.705. The smallest absolute Gasteiger partial charge is 0.132 e. The van der Waals surface area contributed by atoms with E-state index < -0.39 is 0 Å². The zero-order valence-corrected chi connectivity index (χ0v) is 10.9. The van der Waals surface area contributed by atoms with Crippen molar-refractivity contribution in [2.75, 3.05) is 13.1 Å². The number of fused-ring (bicyclic) bond motifs is 1. The number of pyridine rings is 1. The molecule has 0 atom stereocenters. The minimum atomic E-state index is 0.705. The van der Waals surface area contributed by atoms with Crippen molar-refractivity contribution < 1.29 is 0 Å². The number of halogens is 2. The average molecular weight is 301 g/mol. The SMILES string of the molecule is Clc1ccc2c(Br)nc(CC3CNC3)n2c1. The first-order valence-corrected chi connectivity index (χ1v) is 6.44. The second-order valence-corrected chi connectivity index (χ2v) is 5.34. The molecule has 0 amide bonds. The van der Waals surface area contributed by atoms with Crippen LogP contribution in [0, 0.1) is 5.92 Å². The molecule has 2 aromatic heterocycles. The van der Waals surface area contributed by atoms with Crippen molar-refractivity contribution in [2.45, 2.75) is 6.42 Å². The molecule has 16 heavy (non-hydrogen) atoms. The fourth-order valence-electron chi connectivity index (χ4n) is 1.98. The van der Waals surface area contributed by atoms with Crippen LogP contribution in [0.1, 0.15) is 5.82 Å². The molecule has 1 N–H and O–H groups in total. The number of rotatable bonds is 2. The standard InChI is InChI=1S/C11H11BrClN3/c12-11-9-2-1-8(13)6-16(9)10(15-11)3-7-4-14-5-7/h1-2,6-7,14H,3-5H2. The van der Waals surface area contributed by atoms with Gasteiger partial charge in [-0.25, -0.2) is 4.98 Å². The van der Waals surface area contributed by atoms with E-state index in [2.05, 4.69) is 30.6 Å². The van der Waals surface area contributed by atoms with Crippen molar-refractivity contribution in [3.63, 3.8) is 0 Å². The second-order valence-electron chi connectivity index (χ2n) is 4.15. The van der Waals surface area contributed by atoms with Gasteiger partial charge in [0.15, 0.2) is 0 Å². The summed E-state index contributed by atoms with van der Waals surface area (Å²) < 4.78 is 2.97. The van der Waals surface area contributed by atoms with Crippen LogP contribution in [0.5, 0.6) is 0 Å². The predicted octanol–water partition coefficient (Wildman–Crippen LogP) is 2.51. The molecule has 1 fully saturated rings. The Morgan fingerprint density at radius 1 is 1.50 bits per heavy atom.